The molecule has 0 fully saturated rings. The van der Waals surface area contributed by atoms with Crippen molar-refractivity contribution in [2.75, 3.05) is 13.1 Å². The largest absolute Gasteiger partial charge is 0.458 e. The molecule has 0 saturated heterocycles. The molecule has 0 spiro atoms. The summed E-state index contributed by atoms with van der Waals surface area (Å²) in [6.45, 7) is 7.49. The van der Waals surface area contributed by atoms with Gasteiger partial charge in [-0.3, -0.25) is 4.90 Å². The van der Waals surface area contributed by atoms with Crippen molar-refractivity contribution < 1.29 is 9.53 Å². The topological polar surface area (TPSA) is 29.5 Å². The first-order valence-corrected chi connectivity index (χ1v) is 8.42. The van der Waals surface area contributed by atoms with Crippen molar-refractivity contribution in [1.29, 1.82) is 0 Å². The van der Waals surface area contributed by atoms with E-state index in [-0.39, 0.29) is 5.97 Å². The second-order valence-electron chi connectivity index (χ2n) is 5.58. The van der Waals surface area contributed by atoms with Crippen molar-refractivity contribution >= 4 is 12.0 Å². The highest BCUT2D eigenvalue weighted by Crippen LogP contribution is 2.13. The van der Waals surface area contributed by atoms with Crippen LogP contribution in [0.5, 0.6) is 0 Å². The number of carbonyl (C=O) groups is 1. The van der Waals surface area contributed by atoms with Gasteiger partial charge in [0.15, 0.2) is 0 Å². The number of rotatable bonds is 8. The zero-order valence-electron chi connectivity index (χ0n) is 14.4. The molecule has 3 nitrogen and oxygen atoms in total. The number of hydrogen-bond acceptors (Lipinski definition) is 3. The van der Waals surface area contributed by atoms with Crippen LogP contribution in [0, 0.1) is 0 Å². The molecule has 0 heterocycles. The number of nitrogens with zero attached hydrogens (tertiary/aromatic N) is 1. The number of hydrogen-bond donors (Lipinski definition) is 0. The lowest BCUT2D eigenvalue weighted by Crippen LogP contribution is -2.23. The van der Waals surface area contributed by atoms with Gasteiger partial charge in [0.1, 0.15) is 6.61 Å². The fourth-order valence-electron chi connectivity index (χ4n) is 2.47. The highest BCUT2D eigenvalue weighted by molar-refractivity contribution is 5.87. The Morgan fingerprint density at radius 2 is 1.58 bits per heavy atom. The highest BCUT2D eigenvalue weighted by Gasteiger charge is 2.07. The molecule has 24 heavy (non-hydrogen) atoms. The van der Waals surface area contributed by atoms with Crippen molar-refractivity contribution in [3.05, 3.63) is 77.4 Å². The standard InChI is InChI=1S/C21H25NO2/c1-3-22(4-2)16-19-12-8-9-13-20(19)17-24-21(23)15-14-18-10-6-5-7-11-18/h5-15H,3-4,16-17H2,1-2H3/b15-14+. The minimum Gasteiger partial charge on any atom is -0.458 e. The molecule has 126 valence electrons. The Hall–Kier alpha value is -2.39. The monoisotopic (exact) mass is 323 g/mol. The maximum Gasteiger partial charge on any atom is 0.331 e. The van der Waals surface area contributed by atoms with Crippen molar-refractivity contribution in [1.82, 2.24) is 4.90 Å². The molecule has 0 amide bonds. The van der Waals surface area contributed by atoms with Crippen LogP contribution in [-0.2, 0) is 22.7 Å². The third kappa shape index (κ3) is 5.67. The number of esters is 1. The second-order valence-corrected chi connectivity index (χ2v) is 5.58. The van der Waals surface area contributed by atoms with Gasteiger partial charge in [-0.25, -0.2) is 4.79 Å². The lowest BCUT2D eigenvalue weighted by Gasteiger charge is -2.20. The summed E-state index contributed by atoms with van der Waals surface area (Å²) in [6.07, 6.45) is 3.24. The lowest BCUT2D eigenvalue weighted by molar-refractivity contribution is -0.138. The van der Waals surface area contributed by atoms with Gasteiger partial charge in [-0.05, 0) is 35.9 Å². The molecule has 0 aliphatic heterocycles. The van der Waals surface area contributed by atoms with Gasteiger partial charge in [0, 0.05) is 12.6 Å². The van der Waals surface area contributed by atoms with Crippen molar-refractivity contribution in [3.63, 3.8) is 0 Å². The summed E-state index contributed by atoms with van der Waals surface area (Å²) in [5.74, 6) is -0.323. The predicted octanol–water partition coefficient (Wildman–Crippen LogP) is 4.29. The first-order chi connectivity index (χ1) is 11.7. The van der Waals surface area contributed by atoms with Gasteiger partial charge in [-0.2, -0.15) is 0 Å². The van der Waals surface area contributed by atoms with Crippen LogP contribution < -0.4 is 0 Å². The Kier molecular flexibility index (Phi) is 7.24. The van der Waals surface area contributed by atoms with Crippen LogP contribution in [0.4, 0.5) is 0 Å². The molecule has 3 heteroatoms. The number of benzene rings is 2. The summed E-state index contributed by atoms with van der Waals surface area (Å²) >= 11 is 0. The summed E-state index contributed by atoms with van der Waals surface area (Å²) in [7, 11) is 0. The van der Waals surface area contributed by atoms with Gasteiger partial charge in [-0.15, -0.1) is 0 Å². The van der Waals surface area contributed by atoms with Gasteiger partial charge < -0.3 is 4.74 Å². The van der Waals surface area contributed by atoms with Gasteiger partial charge in [-0.1, -0.05) is 68.4 Å². The van der Waals surface area contributed by atoms with E-state index in [0.717, 1.165) is 30.8 Å². The van der Waals surface area contributed by atoms with E-state index in [0.29, 0.717) is 6.61 Å². The summed E-state index contributed by atoms with van der Waals surface area (Å²) in [5.41, 5.74) is 3.25. The minimum absolute atomic E-state index is 0.301. The van der Waals surface area contributed by atoms with Crippen LogP contribution in [0.3, 0.4) is 0 Å². The van der Waals surface area contributed by atoms with Crippen LogP contribution in [0.1, 0.15) is 30.5 Å². The van der Waals surface area contributed by atoms with E-state index >= 15 is 0 Å². The minimum atomic E-state index is -0.323. The molecule has 0 radical (unpaired) electrons. The Morgan fingerprint density at radius 1 is 0.958 bits per heavy atom. The SMILES string of the molecule is CCN(CC)Cc1ccccc1COC(=O)/C=C/c1ccccc1. The maximum absolute atomic E-state index is 11.9. The quantitative estimate of drug-likeness (QED) is 0.536. The van der Waals surface area contributed by atoms with Crippen molar-refractivity contribution in [2.45, 2.75) is 27.0 Å². The van der Waals surface area contributed by atoms with E-state index in [1.165, 1.54) is 11.6 Å². The van der Waals surface area contributed by atoms with Gasteiger partial charge in [0.2, 0.25) is 0 Å². The summed E-state index contributed by atoms with van der Waals surface area (Å²) in [4.78, 5) is 14.3. The van der Waals surface area contributed by atoms with Gasteiger partial charge in [0.05, 0.1) is 0 Å². The van der Waals surface area contributed by atoms with E-state index in [4.69, 9.17) is 4.74 Å². The van der Waals surface area contributed by atoms with E-state index in [2.05, 4.69) is 24.8 Å². The fourth-order valence-corrected chi connectivity index (χ4v) is 2.47. The smallest absolute Gasteiger partial charge is 0.331 e. The highest BCUT2D eigenvalue weighted by atomic mass is 16.5. The van der Waals surface area contributed by atoms with Crippen LogP contribution in [0.2, 0.25) is 0 Å². The lowest BCUT2D eigenvalue weighted by atomic mass is 10.1. The van der Waals surface area contributed by atoms with Gasteiger partial charge >= 0.3 is 5.97 Å². The normalized spacial score (nSPS) is 11.1. The Labute approximate surface area is 144 Å². The molecule has 0 saturated carbocycles. The Balaban J connectivity index is 1.94. The van der Waals surface area contributed by atoms with Crippen LogP contribution >= 0.6 is 0 Å². The molecule has 2 aromatic rings. The molecular formula is C21H25NO2. The van der Waals surface area contributed by atoms with E-state index < -0.39 is 0 Å². The van der Waals surface area contributed by atoms with Crippen molar-refractivity contribution in [2.24, 2.45) is 0 Å². The van der Waals surface area contributed by atoms with Crippen LogP contribution in [0.25, 0.3) is 6.08 Å². The van der Waals surface area contributed by atoms with E-state index in [1.807, 2.05) is 48.5 Å². The van der Waals surface area contributed by atoms with Crippen molar-refractivity contribution in [3.8, 4) is 0 Å². The number of ether oxygens (including phenoxy) is 1. The summed E-state index contributed by atoms with van der Waals surface area (Å²) in [6, 6.07) is 17.8. The fraction of sp³-hybridized carbons (Fsp3) is 0.286. The zero-order valence-corrected chi connectivity index (χ0v) is 14.4. The second kappa shape index (κ2) is 9.68. The molecule has 2 aromatic carbocycles. The van der Waals surface area contributed by atoms with E-state index in [9.17, 15) is 4.79 Å². The first kappa shape index (κ1) is 18.0. The third-order valence-electron chi connectivity index (χ3n) is 3.99. The Morgan fingerprint density at radius 3 is 2.25 bits per heavy atom. The average Bonchev–Trinajstić information content (AvgIpc) is 2.64. The number of carbonyl (C=O) groups excluding carboxylic acids is 1. The summed E-state index contributed by atoms with van der Waals surface area (Å²) < 4.78 is 5.40. The van der Waals surface area contributed by atoms with Gasteiger partial charge in [0.25, 0.3) is 0 Å². The third-order valence-corrected chi connectivity index (χ3v) is 3.99. The molecule has 2 rings (SSSR count). The molecule has 0 atom stereocenters. The first-order valence-electron chi connectivity index (χ1n) is 8.42. The predicted molar refractivity (Wildman–Crippen MR) is 98.3 cm³/mol. The molecule has 0 bridgehead atoms. The molecule has 0 aliphatic carbocycles. The molecular weight excluding hydrogens is 298 g/mol. The summed E-state index contributed by atoms with van der Waals surface area (Å²) in [5, 5.41) is 0. The van der Waals surface area contributed by atoms with Crippen LogP contribution in [0.15, 0.2) is 60.7 Å². The molecule has 0 unspecified atom stereocenters. The zero-order chi connectivity index (χ0) is 17.2. The molecule has 0 aromatic heterocycles. The van der Waals surface area contributed by atoms with E-state index in [1.54, 1.807) is 6.08 Å². The maximum atomic E-state index is 11.9. The average molecular weight is 323 g/mol. The Bertz CT molecular complexity index is 661. The molecule has 0 aliphatic rings. The molecule has 0 N–H and O–H groups in total. The van der Waals surface area contributed by atoms with Crippen LogP contribution in [-0.4, -0.2) is 24.0 Å².